The summed E-state index contributed by atoms with van der Waals surface area (Å²) in [5, 5.41) is 6.20. The monoisotopic (exact) mass is 350 g/mol. The molecule has 1 atom stereocenters. The zero-order chi connectivity index (χ0) is 16.9. The largest absolute Gasteiger partial charge is 0.344 e. The first-order valence-corrected chi connectivity index (χ1v) is 9.77. The van der Waals surface area contributed by atoms with Gasteiger partial charge in [0.1, 0.15) is 6.04 Å². The Bertz CT molecular complexity index is 581. The highest BCUT2D eigenvalue weighted by Gasteiger charge is 2.29. The lowest BCUT2D eigenvalue weighted by atomic mass is 10.1. The number of aryl methyl sites for hydroxylation is 1. The maximum Gasteiger partial charge on any atom is 0.245 e. The fourth-order valence-electron chi connectivity index (χ4n) is 3.32. The number of nitrogens with zero attached hydrogens (tertiary/aromatic N) is 3. The summed E-state index contributed by atoms with van der Waals surface area (Å²) < 4.78 is 0. The molecule has 1 N–H and O–H groups in total. The van der Waals surface area contributed by atoms with Crippen LogP contribution in [-0.4, -0.2) is 58.8 Å². The van der Waals surface area contributed by atoms with Crippen molar-refractivity contribution in [1.82, 2.24) is 20.1 Å². The maximum atomic E-state index is 12.6. The van der Waals surface area contributed by atoms with Crippen molar-refractivity contribution in [1.29, 1.82) is 0 Å². The van der Waals surface area contributed by atoms with Crippen LogP contribution in [0.15, 0.2) is 5.38 Å². The van der Waals surface area contributed by atoms with Crippen LogP contribution in [-0.2, 0) is 22.6 Å². The number of hydrogen-bond donors (Lipinski definition) is 1. The van der Waals surface area contributed by atoms with Gasteiger partial charge in [-0.15, -0.1) is 11.3 Å². The molecule has 0 bridgehead atoms. The molecular weight excluding hydrogens is 324 g/mol. The van der Waals surface area contributed by atoms with E-state index in [4.69, 9.17) is 0 Å². The molecule has 0 radical (unpaired) electrons. The van der Waals surface area contributed by atoms with E-state index < -0.39 is 0 Å². The molecule has 2 saturated heterocycles. The third kappa shape index (κ3) is 4.33. The quantitative estimate of drug-likeness (QED) is 0.892. The molecule has 1 unspecified atom stereocenters. The summed E-state index contributed by atoms with van der Waals surface area (Å²) in [7, 11) is 0. The van der Waals surface area contributed by atoms with Crippen LogP contribution in [0.5, 0.6) is 0 Å². The second-order valence-electron chi connectivity index (χ2n) is 6.55. The van der Waals surface area contributed by atoms with Gasteiger partial charge in [0, 0.05) is 44.5 Å². The first-order chi connectivity index (χ1) is 11.7. The van der Waals surface area contributed by atoms with Gasteiger partial charge < -0.3 is 10.2 Å². The van der Waals surface area contributed by atoms with E-state index in [0.717, 1.165) is 64.1 Å². The van der Waals surface area contributed by atoms with Gasteiger partial charge in [-0.1, -0.05) is 13.3 Å². The van der Waals surface area contributed by atoms with E-state index in [2.05, 4.69) is 27.5 Å². The SMILES string of the molecule is CCc1nc(CN2CCN(C(=O)C3CCCCC(=O)N3)CC2)cs1. The molecule has 0 aliphatic carbocycles. The number of thiazole rings is 1. The average molecular weight is 350 g/mol. The molecule has 2 aliphatic rings. The van der Waals surface area contributed by atoms with Crippen LogP contribution in [0, 0.1) is 0 Å². The highest BCUT2D eigenvalue weighted by Crippen LogP contribution is 2.16. The summed E-state index contributed by atoms with van der Waals surface area (Å²) in [5.74, 6) is 0.103. The molecule has 7 heteroatoms. The van der Waals surface area contributed by atoms with Gasteiger partial charge >= 0.3 is 0 Å². The molecular formula is C17H26N4O2S. The highest BCUT2D eigenvalue weighted by atomic mass is 32.1. The molecule has 2 aliphatic heterocycles. The molecule has 6 nitrogen and oxygen atoms in total. The number of rotatable bonds is 4. The Morgan fingerprint density at radius 1 is 1.33 bits per heavy atom. The van der Waals surface area contributed by atoms with Crippen LogP contribution >= 0.6 is 11.3 Å². The lowest BCUT2D eigenvalue weighted by Gasteiger charge is -2.36. The van der Waals surface area contributed by atoms with Crippen molar-refractivity contribution in [2.75, 3.05) is 26.2 Å². The van der Waals surface area contributed by atoms with E-state index in [0.29, 0.717) is 6.42 Å². The Morgan fingerprint density at radius 2 is 2.12 bits per heavy atom. The fourth-order valence-corrected chi connectivity index (χ4v) is 4.05. The van der Waals surface area contributed by atoms with Crippen LogP contribution in [0.4, 0.5) is 0 Å². The van der Waals surface area contributed by atoms with E-state index in [9.17, 15) is 9.59 Å². The lowest BCUT2D eigenvalue weighted by Crippen LogP contribution is -2.54. The topological polar surface area (TPSA) is 65.5 Å². The molecule has 3 rings (SSSR count). The van der Waals surface area contributed by atoms with Gasteiger partial charge in [0.25, 0.3) is 0 Å². The predicted molar refractivity (Wildman–Crippen MR) is 93.7 cm³/mol. The Morgan fingerprint density at radius 3 is 2.83 bits per heavy atom. The Hall–Kier alpha value is -1.47. The van der Waals surface area contributed by atoms with Crippen molar-refractivity contribution >= 4 is 23.2 Å². The third-order valence-electron chi connectivity index (χ3n) is 4.75. The van der Waals surface area contributed by atoms with Gasteiger partial charge in [0.15, 0.2) is 0 Å². The number of aromatic nitrogens is 1. The molecule has 24 heavy (non-hydrogen) atoms. The number of hydrogen-bond acceptors (Lipinski definition) is 5. The number of carbonyl (C=O) groups is 2. The molecule has 0 saturated carbocycles. The molecule has 132 valence electrons. The first-order valence-electron chi connectivity index (χ1n) is 8.89. The van der Waals surface area contributed by atoms with Crippen LogP contribution < -0.4 is 5.32 Å². The van der Waals surface area contributed by atoms with Gasteiger partial charge in [-0.25, -0.2) is 4.98 Å². The number of piperazine rings is 1. The van der Waals surface area contributed by atoms with Crippen LogP contribution in [0.2, 0.25) is 0 Å². The van der Waals surface area contributed by atoms with Crippen LogP contribution in [0.1, 0.15) is 43.3 Å². The average Bonchev–Trinajstić information content (AvgIpc) is 2.94. The summed E-state index contributed by atoms with van der Waals surface area (Å²) in [4.78, 5) is 33.2. The number of amides is 2. The Balaban J connectivity index is 1.48. The predicted octanol–water partition coefficient (Wildman–Crippen LogP) is 1.41. The molecule has 1 aromatic heterocycles. The minimum Gasteiger partial charge on any atom is -0.344 e. The summed E-state index contributed by atoms with van der Waals surface area (Å²) in [6.45, 7) is 6.18. The van der Waals surface area contributed by atoms with Crippen molar-refractivity contribution < 1.29 is 9.59 Å². The summed E-state index contributed by atoms with van der Waals surface area (Å²) in [6.07, 6.45) is 4.13. The second kappa shape index (κ2) is 8.07. The van der Waals surface area contributed by atoms with Crippen molar-refractivity contribution in [3.63, 3.8) is 0 Å². The van der Waals surface area contributed by atoms with Crippen molar-refractivity contribution in [2.45, 2.75) is 51.6 Å². The minimum atomic E-state index is -0.322. The standard InChI is InChI=1S/C17H26N4O2S/c1-2-16-18-13(12-24-16)11-20-7-9-21(10-8-20)17(23)14-5-3-4-6-15(22)19-14/h12,14H,2-11H2,1H3,(H,19,22). The van der Waals surface area contributed by atoms with Gasteiger partial charge in [-0.05, 0) is 19.3 Å². The van der Waals surface area contributed by atoms with Crippen molar-refractivity contribution in [3.8, 4) is 0 Å². The maximum absolute atomic E-state index is 12.6. The van der Waals surface area contributed by atoms with E-state index >= 15 is 0 Å². The van der Waals surface area contributed by atoms with E-state index in [1.54, 1.807) is 11.3 Å². The van der Waals surface area contributed by atoms with E-state index in [1.165, 1.54) is 5.01 Å². The summed E-state index contributed by atoms with van der Waals surface area (Å²) >= 11 is 1.72. The first kappa shape index (κ1) is 17.4. The number of nitrogens with one attached hydrogen (secondary N) is 1. The van der Waals surface area contributed by atoms with Crippen molar-refractivity contribution in [2.24, 2.45) is 0 Å². The Labute approximate surface area is 147 Å². The zero-order valence-corrected chi connectivity index (χ0v) is 15.1. The highest BCUT2D eigenvalue weighted by molar-refractivity contribution is 7.09. The zero-order valence-electron chi connectivity index (χ0n) is 14.3. The normalized spacial score (nSPS) is 23.0. The lowest BCUT2D eigenvalue weighted by molar-refractivity contribution is -0.137. The fraction of sp³-hybridized carbons (Fsp3) is 0.706. The third-order valence-corrected chi connectivity index (χ3v) is 5.79. The number of carbonyl (C=O) groups excluding carboxylic acids is 2. The van der Waals surface area contributed by atoms with Gasteiger partial charge in [0.05, 0.1) is 10.7 Å². The molecule has 1 aromatic rings. The van der Waals surface area contributed by atoms with Crippen molar-refractivity contribution in [3.05, 3.63) is 16.1 Å². The van der Waals surface area contributed by atoms with Crippen LogP contribution in [0.3, 0.4) is 0 Å². The van der Waals surface area contributed by atoms with Gasteiger partial charge in [-0.3, -0.25) is 14.5 Å². The molecule has 2 fully saturated rings. The van der Waals surface area contributed by atoms with E-state index in [-0.39, 0.29) is 17.9 Å². The molecule has 0 spiro atoms. The smallest absolute Gasteiger partial charge is 0.245 e. The Kier molecular flexibility index (Phi) is 5.84. The minimum absolute atomic E-state index is 0.0137. The van der Waals surface area contributed by atoms with Gasteiger partial charge in [-0.2, -0.15) is 0 Å². The summed E-state index contributed by atoms with van der Waals surface area (Å²) in [6, 6.07) is -0.322. The summed E-state index contributed by atoms with van der Waals surface area (Å²) in [5.41, 5.74) is 1.13. The molecule has 0 aromatic carbocycles. The van der Waals surface area contributed by atoms with Crippen LogP contribution in [0.25, 0.3) is 0 Å². The molecule has 2 amide bonds. The van der Waals surface area contributed by atoms with Gasteiger partial charge in [0.2, 0.25) is 11.8 Å². The molecule has 3 heterocycles. The second-order valence-corrected chi connectivity index (χ2v) is 7.50. The van der Waals surface area contributed by atoms with E-state index in [1.807, 2.05) is 4.90 Å².